The normalized spacial score (nSPS) is 10.4. The molecule has 0 aliphatic heterocycles. The highest BCUT2D eigenvalue weighted by Gasteiger charge is 2.08. The molecule has 0 aliphatic rings. The minimum absolute atomic E-state index is 0.387. The van der Waals surface area contributed by atoms with Crippen LogP contribution in [0.3, 0.4) is 0 Å². The molecule has 1 aromatic carbocycles. The van der Waals surface area contributed by atoms with Gasteiger partial charge in [-0.2, -0.15) is 0 Å². The van der Waals surface area contributed by atoms with Crippen molar-refractivity contribution in [1.82, 2.24) is 10.2 Å². The summed E-state index contributed by atoms with van der Waals surface area (Å²) < 4.78 is 5.46. The van der Waals surface area contributed by atoms with Crippen LogP contribution in [0.15, 0.2) is 18.2 Å². The molecule has 16 heavy (non-hydrogen) atoms. The van der Waals surface area contributed by atoms with Crippen LogP contribution >= 0.6 is 23.2 Å². The number of hydrogen-bond donors (Lipinski definition) is 2. The van der Waals surface area contributed by atoms with Gasteiger partial charge in [0.25, 0.3) is 0 Å². The number of aryl methyl sites for hydroxylation is 1. The van der Waals surface area contributed by atoms with Crippen molar-refractivity contribution in [2.24, 2.45) is 0 Å². The van der Waals surface area contributed by atoms with Crippen molar-refractivity contribution >= 4 is 28.9 Å². The molecule has 0 unspecified atom stereocenters. The Morgan fingerprint density at radius 3 is 2.56 bits per heavy atom. The summed E-state index contributed by atoms with van der Waals surface area (Å²) in [6.45, 7) is 1.87. The van der Waals surface area contributed by atoms with Crippen LogP contribution in [-0.2, 0) is 0 Å². The number of anilines is 1. The van der Waals surface area contributed by atoms with E-state index in [-0.39, 0.29) is 0 Å². The van der Waals surface area contributed by atoms with E-state index in [1.807, 2.05) is 6.92 Å². The number of ether oxygens (including phenoxy) is 1. The number of halogens is 2. The molecular weight excluding hydrogens is 249 g/mol. The summed E-state index contributed by atoms with van der Waals surface area (Å²) in [7, 11) is 0. The summed E-state index contributed by atoms with van der Waals surface area (Å²) in [5.74, 6) is 0.864. The minimum Gasteiger partial charge on any atom is -0.435 e. The lowest BCUT2D eigenvalue weighted by Crippen LogP contribution is -1.92. The van der Waals surface area contributed by atoms with Gasteiger partial charge >= 0.3 is 0 Å². The van der Waals surface area contributed by atoms with Gasteiger partial charge in [-0.25, -0.2) is 0 Å². The van der Waals surface area contributed by atoms with Gasteiger partial charge < -0.3 is 10.5 Å². The Labute approximate surface area is 102 Å². The first-order valence-corrected chi connectivity index (χ1v) is 5.26. The van der Waals surface area contributed by atoms with E-state index in [0.29, 0.717) is 27.4 Å². The number of nitrogens with zero attached hydrogens (tertiary/aromatic N) is 1. The highest BCUT2D eigenvalue weighted by Crippen LogP contribution is 2.34. The number of benzene rings is 1. The zero-order valence-electron chi connectivity index (χ0n) is 8.42. The molecule has 0 radical (unpaired) electrons. The Hall–Kier alpha value is -1.39. The van der Waals surface area contributed by atoms with Crippen LogP contribution in [-0.4, -0.2) is 10.2 Å². The van der Waals surface area contributed by atoms with Crippen LogP contribution in [0.1, 0.15) is 5.69 Å². The van der Waals surface area contributed by atoms with E-state index in [0.717, 1.165) is 5.69 Å². The Morgan fingerprint density at radius 2 is 1.94 bits per heavy atom. The maximum absolute atomic E-state index is 5.86. The van der Waals surface area contributed by atoms with Gasteiger partial charge in [-0.15, -0.1) is 5.10 Å². The first kappa shape index (κ1) is 11.1. The van der Waals surface area contributed by atoms with Crippen molar-refractivity contribution in [1.29, 1.82) is 0 Å². The van der Waals surface area contributed by atoms with Gasteiger partial charge in [0, 0.05) is 17.8 Å². The lowest BCUT2D eigenvalue weighted by Gasteiger charge is -2.06. The Balaban J connectivity index is 2.31. The van der Waals surface area contributed by atoms with Gasteiger partial charge in [0.2, 0.25) is 5.88 Å². The molecule has 6 heteroatoms. The molecule has 0 atom stereocenters. The topological polar surface area (TPSA) is 63.9 Å². The Morgan fingerprint density at radius 1 is 1.25 bits per heavy atom. The van der Waals surface area contributed by atoms with Crippen molar-refractivity contribution in [3.8, 4) is 11.6 Å². The fourth-order valence-corrected chi connectivity index (χ4v) is 1.52. The largest absolute Gasteiger partial charge is 0.435 e. The highest BCUT2D eigenvalue weighted by atomic mass is 35.5. The first-order chi connectivity index (χ1) is 7.56. The number of aromatic nitrogens is 2. The van der Waals surface area contributed by atoms with Gasteiger partial charge in [0.1, 0.15) is 0 Å². The molecule has 0 fully saturated rings. The SMILES string of the molecule is Cc1cc(Oc2cc(Cl)c(Cl)cc2N)n[nH]1. The molecular formula is C10H9Cl2N3O. The summed E-state index contributed by atoms with van der Waals surface area (Å²) in [6, 6.07) is 4.85. The molecule has 1 aromatic heterocycles. The van der Waals surface area contributed by atoms with Crippen molar-refractivity contribution < 1.29 is 4.74 Å². The zero-order chi connectivity index (χ0) is 11.7. The van der Waals surface area contributed by atoms with Crippen LogP contribution in [0.4, 0.5) is 5.69 Å². The number of rotatable bonds is 2. The minimum atomic E-state index is 0.387. The lowest BCUT2D eigenvalue weighted by atomic mass is 10.3. The van der Waals surface area contributed by atoms with E-state index >= 15 is 0 Å². The molecule has 0 saturated carbocycles. The van der Waals surface area contributed by atoms with Crippen LogP contribution < -0.4 is 10.5 Å². The third-order valence-electron chi connectivity index (χ3n) is 1.95. The third-order valence-corrected chi connectivity index (χ3v) is 2.67. The monoisotopic (exact) mass is 257 g/mol. The molecule has 0 bridgehead atoms. The van der Waals surface area contributed by atoms with Crippen molar-refractivity contribution in [2.75, 3.05) is 5.73 Å². The van der Waals surface area contributed by atoms with E-state index in [9.17, 15) is 0 Å². The summed E-state index contributed by atoms with van der Waals surface area (Å²) >= 11 is 11.7. The van der Waals surface area contributed by atoms with Gasteiger partial charge in [0.05, 0.1) is 15.7 Å². The predicted molar refractivity (Wildman–Crippen MR) is 64.3 cm³/mol. The second-order valence-corrected chi connectivity index (χ2v) is 4.11. The fourth-order valence-electron chi connectivity index (χ4n) is 1.19. The quantitative estimate of drug-likeness (QED) is 0.811. The maximum Gasteiger partial charge on any atom is 0.238 e. The molecule has 0 amide bonds. The van der Waals surface area contributed by atoms with Gasteiger partial charge in [-0.3, -0.25) is 5.10 Å². The molecule has 2 rings (SSSR count). The average Bonchev–Trinajstić information content (AvgIpc) is 2.60. The lowest BCUT2D eigenvalue weighted by molar-refractivity contribution is 0.464. The summed E-state index contributed by atoms with van der Waals surface area (Å²) in [5.41, 5.74) is 7.05. The average molecular weight is 258 g/mol. The van der Waals surface area contributed by atoms with Gasteiger partial charge in [-0.05, 0) is 13.0 Å². The fraction of sp³-hybridized carbons (Fsp3) is 0.100. The van der Waals surface area contributed by atoms with Crippen molar-refractivity contribution in [3.63, 3.8) is 0 Å². The molecule has 0 aliphatic carbocycles. The molecule has 0 spiro atoms. The number of nitrogen functional groups attached to an aromatic ring is 1. The number of nitrogens with one attached hydrogen (secondary N) is 1. The summed E-state index contributed by atoms with van der Waals surface area (Å²) in [5, 5.41) is 7.47. The molecule has 84 valence electrons. The zero-order valence-corrected chi connectivity index (χ0v) is 9.93. The molecule has 4 nitrogen and oxygen atoms in total. The number of aromatic amines is 1. The Kier molecular flexibility index (Phi) is 2.94. The standard InChI is InChI=1S/C10H9Cl2N3O/c1-5-2-10(15-14-5)16-9-4-7(12)6(11)3-8(9)13/h2-4H,13H2,1H3,(H,14,15). The van der Waals surface area contributed by atoms with Crippen molar-refractivity contribution in [3.05, 3.63) is 33.9 Å². The highest BCUT2D eigenvalue weighted by molar-refractivity contribution is 6.42. The maximum atomic E-state index is 5.86. The smallest absolute Gasteiger partial charge is 0.238 e. The van der Waals surface area contributed by atoms with E-state index < -0.39 is 0 Å². The molecule has 3 N–H and O–H groups in total. The van der Waals surface area contributed by atoms with Crippen LogP contribution in [0, 0.1) is 6.92 Å². The number of nitrogens with two attached hydrogens (primary N) is 1. The summed E-state index contributed by atoms with van der Waals surface area (Å²) in [6.07, 6.45) is 0. The summed E-state index contributed by atoms with van der Waals surface area (Å²) in [4.78, 5) is 0. The first-order valence-electron chi connectivity index (χ1n) is 4.50. The Bertz CT molecular complexity index is 525. The molecule has 1 heterocycles. The number of H-pyrrole nitrogens is 1. The second-order valence-electron chi connectivity index (χ2n) is 3.30. The van der Waals surface area contributed by atoms with E-state index in [2.05, 4.69) is 10.2 Å². The third kappa shape index (κ3) is 2.23. The van der Waals surface area contributed by atoms with Crippen molar-refractivity contribution in [2.45, 2.75) is 6.92 Å². The second kappa shape index (κ2) is 4.23. The van der Waals surface area contributed by atoms with E-state index in [1.54, 1.807) is 18.2 Å². The van der Waals surface area contributed by atoms with Gasteiger partial charge in [0.15, 0.2) is 5.75 Å². The van der Waals surface area contributed by atoms with Crippen LogP contribution in [0.2, 0.25) is 10.0 Å². The predicted octanol–water partition coefficient (Wildman–Crippen LogP) is 3.40. The van der Waals surface area contributed by atoms with Crippen LogP contribution in [0.5, 0.6) is 11.6 Å². The van der Waals surface area contributed by atoms with E-state index in [1.165, 1.54) is 0 Å². The molecule has 2 aromatic rings. The number of hydrogen-bond acceptors (Lipinski definition) is 3. The van der Waals surface area contributed by atoms with Crippen LogP contribution in [0.25, 0.3) is 0 Å². The van der Waals surface area contributed by atoms with E-state index in [4.69, 9.17) is 33.7 Å². The molecule has 0 saturated heterocycles. The van der Waals surface area contributed by atoms with Gasteiger partial charge in [-0.1, -0.05) is 23.2 Å².